The molecule has 2 heteroatoms. The summed E-state index contributed by atoms with van der Waals surface area (Å²) in [5.74, 6) is 1.91. The van der Waals surface area contributed by atoms with Gasteiger partial charge in [0.2, 0.25) is 0 Å². The number of carbonyl (C=O) groups is 1. The fourth-order valence-corrected chi connectivity index (χ4v) is 6.45. The lowest BCUT2D eigenvalue weighted by atomic mass is 9.38. The Morgan fingerprint density at radius 2 is 2.06 bits per heavy atom. The zero-order chi connectivity index (χ0) is 11.7. The molecule has 2 nitrogen and oxygen atoms in total. The van der Waals surface area contributed by atoms with Gasteiger partial charge in [-0.3, -0.25) is 4.79 Å². The summed E-state index contributed by atoms with van der Waals surface area (Å²) < 4.78 is 0. The van der Waals surface area contributed by atoms with Gasteiger partial charge in [-0.25, -0.2) is 0 Å². The summed E-state index contributed by atoms with van der Waals surface area (Å²) >= 11 is 0. The molecule has 0 aromatic heterocycles. The van der Waals surface area contributed by atoms with Crippen molar-refractivity contribution in [3.63, 3.8) is 0 Å². The molecule has 17 heavy (non-hydrogen) atoms. The van der Waals surface area contributed by atoms with E-state index in [0.717, 1.165) is 37.0 Å². The third-order valence-electron chi connectivity index (χ3n) is 6.60. The number of aliphatic carboxylic acids is 1. The Balaban J connectivity index is 1.77. The van der Waals surface area contributed by atoms with Gasteiger partial charge < -0.3 is 5.11 Å². The molecule has 5 rings (SSSR count). The van der Waals surface area contributed by atoms with Gasteiger partial charge in [0, 0.05) is 0 Å². The van der Waals surface area contributed by atoms with Crippen LogP contribution >= 0.6 is 0 Å². The molecule has 5 aliphatic rings. The predicted octanol–water partition coefficient (Wildman–Crippen LogP) is 3.46. The summed E-state index contributed by atoms with van der Waals surface area (Å²) in [6.07, 6.45) is 11.2. The van der Waals surface area contributed by atoms with Crippen molar-refractivity contribution in [2.75, 3.05) is 0 Å². The average Bonchev–Trinajstić information content (AvgIpc) is 2.27. The Hall–Kier alpha value is -0.530. The first kappa shape index (κ1) is 10.4. The highest BCUT2D eigenvalue weighted by atomic mass is 16.4. The Bertz CT molecular complexity index is 377. The maximum atomic E-state index is 11.7. The van der Waals surface area contributed by atoms with Crippen LogP contribution in [0.1, 0.15) is 57.8 Å². The zero-order valence-electron chi connectivity index (χ0n) is 10.5. The molecule has 0 saturated heterocycles. The first-order valence-electron chi connectivity index (χ1n) is 7.37. The normalized spacial score (nSPS) is 55.6. The lowest BCUT2D eigenvalue weighted by Crippen LogP contribution is -2.60. The number of carboxylic acids is 1. The molecule has 94 valence electrons. The smallest absolute Gasteiger partial charge is 0.309 e. The van der Waals surface area contributed by atoms with Crippen molar-refractivity contribution >= 4 is 5.97 Å². The molecule has 0 radical (unpaired) electrons. The summed E-state index contributed by atoms with van der Waals surface area (Å²) in [7, 11) is 0. The molecule has 5 aliphatic carbocycles. The highest BCUT2D eigenvalue weighted by molar-refractivity contribution is 5.75. The van der Waals surface area contributed by atoms with Crippen molar-refractivity contribution in [2.45, 2.75) is 57.8 Å². The molecule has 0 aliphatic heterocycles. The van der Waals surface area contributed by atoms with Crippen LogP contribution in [0.4, 0.5) is 0 Å². The molecule has 5 saturated carbocycles. The highest BCUT2D eigenvalue weighted by Crippen LogP contribution is 2.70. The van der Waals surface area contributed by atoms with Crippen LogP contribution in [0.5, 0.6) is 0 Å². The Kier molecular flexibility index (Phi) is 1.88. The SMILES string of the molecule is O=C(O)C12CC3CC(C1)C1CCCCC1(C3)C2. The van der Waals surface area contributed by atoms with Gasteiger partial charge in [0.15, 0.2) is 0 Å². The maximum Gasteiger partial charge on any atom is 0.309 e. The van der Waals surface area contributed by atoms with Gasteiger partial charge in [-0.2, -0.15) is 0 Å². The average molecular weight is 234 g/mol. The topological polar surface area (TPSA) is 37.3 Å². The molecule has 5 fully saturated rings. The quantitative estimate of drug-likeness (QED) is 0.754. The van der Waals surface area contributed by atoms with E-state index in [9.17, 15) is 9.90 Å². The van der Waals surface area contributed by atoms with Crippen LogP contribution in [-0.4, -0.2) is 11.1 Å². The minimum absolute atomic E-state index is 0.306. The van der Waals surface area contributed by atoms with Crippen molar-refractivity contribution in [1.29, 1.82) is 0 Å². The zero-order valence-corrected chi connectivity index (χ0v) is 10.5. The van der Waals surface area contributed by atoms with Crippen LogP contribution < -0.4 is 0 Å². The standard InChI is InChI=1S/C15H22O2/c16-13(17)15-7-10-5-11(8-15)12-3-1-2-4-14(12,6-10)9-15/h10-12H,1-9H2,(H,16,17). The van der Waals surface area contributed by atoms with Crippen LogP contribution in [0.25, 0.3) is 0 Å². The lowest BCUT2D eigenvalue weighted by molar-refractivity contribution is -0.196. The monoisotopic (exact) mass is 234 g/mol. The van der Waals surface area contributed by atoms with Gasteiger partial charge >= 0.3 is 5.97 Å². The molecule has 1 spiro atoms. The molecule has 0 heterocycles. The fraction of sp³-hybridized carbons (Fsp3) is 0.933. The third-order valence-corrected chi connectivity index (χ3v) is 6.60. The van der Waals surface area contributed by atoms with Gasteiger partial charge in [-0.05, 0) is 68.1 Å². The Morgan fingerprint density at radius 3 is 2.88 bits per heavy atom. The van der Waals surface area contributed by atoms with E-state index in [-0.39, 0.29) is 5.41 Å². The number of rotatable bonds is 1. The van der Waals surface area contributed by atoms with Crippen molar-refractivity contribution in [2.24, 2.45) is 28.6 Å². The van der Waals surface area contributed by atoms with E-state index in [0.29, 0.717) is 5.41 Å². The van der Waals surface area contributed by atoms with Crippen molar-refractivity contribution in [3.8, 4) is 0 Å². The van der Waals surface area contributed by atoms with E-state index in [1.165, 1.54) is 38.5 Å². The number of carboxylic acid groups (broad SMARTS) is 1. The van der Waals surface area contributed by atoms with Gasteiger partial charge in [0.05, 0.1) is 5.41 Å². The third kappa shape index (κ3) is 1.19. The van der Waals surface area contributed by atoms with Crippen LogP contribution in [0.15, 0.2) is 0 Å². The summed E-state index contributed by atoms with van der Waals surface area (Å²) in [6, 6.07) is 0. The minimum Gasteiger partial charge on any atom is -0.481 e. The predicted molar refractivity (Wildman–Crippen MR) is 64.5 cm³/mol. The number of hydrogen-bond acceptors (Lipinski definition) is 1. The molecule has 4 bridgehead atoms. The van der Waals surface area contributed by atoms with Crippen molar-refractivity contribution < 1.29 is 9.90 Å². The molecule has 0 amide bonds. The summed E-state index contributed by atoms with van der Waals surface area (Å²) in [5.41, 5.74) is 0.153. The van der Waals surface area contributed by atoms with E-state index >= 15 is 0 Å². The van der Waals surface area contributed by atoms with Crippen LogP contribution in [0.2, 0.25) is 0 Å². The first-order chi connectivity index (χ1) is 8.14. The maximum absolute atomic E-state index is 11.7. The van der Waals surface area contributed by atoms with Crippen molar-refractivity contribution in [3.05, 3.63) is 0 Å². The Morgan fingerprint density at radius 1 is 1.18 bits per heavy atom. The second-order valence-electron chi connectivity index (χ2n) is 7.45. The molecule has 5 atom stereocenters. The van der Waals surface area contributed by atoms with E-state index in [1.807, 2.05) is 0 Å². The molecule has 0 aromatic rings. The summed E-state index contributed by atoms with van der Waals surface area (Å²) in [5, 5.41) is 9.67. The van der Waals surface area contributed by atoms with Gasteiger partial charge in [-0.15, -0.1) is 0 Å². The molecule has 1 N–H and O–H groups in total. The number of hydrogen-bond donors (Lipinski definition) is 1. The van der Waals surface area contributed by atoms with E-state index in [4.69, 9.17) is 0 Å². The summed E-state index contributed by atoms with van der Waals surface area (Å²) in [6.45, 7) is 0. The van der Waals surface area contributed by atoms with Crippen molar-refractivity contribution in [1.82, 2.24) is 0 Å². The molecular weight excluding hydrogens is 212 g/mol. The van der Waals surface area contributed by atoms with E-state index < -0.39 is 5.97 Å². The van der Waals surface area contributed by atoms with Gasteiger partial charge in [0.1, 0.15) is 0 Å². The van der Waals surface area contributed by atoms with E-state index in [2.05, 4.69) is 0 Å². The van der Waals surface area contributed by atoms with E-state index in [1.54, 1.807) is 0 Å². The van der Waals surface area contributed by atoms with Crippen LogP contribution in [0.3, 0.4) is 0 Å². The second-order valence-corrected chi connectivity index (χ2v) is 7.45. The summed E-state index contributed by atoms with van der Waals surface area (Å²) in [4.78, 5) is 11.7. The van der Waals surface area contributed by atoms with Gasteiger partial charge in [-0.1, -0.05) is 12.8 Å². The minimum atomic E-state index is -0.477. The fourth-order valence-electron chi connectivity index (χ4n) is 6.45. The lowest BCUT2D eigenvalue weighted by Gasteiger charge is -2.66. The van der Waals surface area contributed by atoms with Crippen LogP contribution in [-0.2, 0) is 4.79 Å². The largest absolute Gasteiger partial charge is 0.481 e. The first-order valence-corrected chi connectivity index (χ1v) is 7.37. The van der Waals surface area contributed by atoms with Crippen LogP contribution in [0, 0.1) is 28.6 Å². The Labute approximate surface area is 103 Å². The highest BCUT2D eigenvalue weighted by Gasteiger charge is 2.64. The molecule has 5 unspecified atom stereocenters. The van der Waals surface area contributed by atoms with Gasteiger partial charge in [0.25, 0.3) is 0 Å². The second kappa shape index (κ2) is 3.07. The molecular formula is C15H22O2. The molecule has 0 aromatic carbocycles.